The van der Waals surface area contributed by atoms with Crippen LogP contribution >= 0.6 is 0 Å². The van der Waals surface area contributed by atoms with Crippen LogP contribution in [0.15, 0.2) is 91.3 Å². The molecule has 3 heteroatoms. The Morgan fingerprint density at radius 2 is 1.31 bits per heavy atom. The average Bonchev–Trinajstić information content (AvgIpc) is 2.72. The van der Waals surface area contributed by atoms with Crippen LogP contribution in [0.5, 0.6) is 0 Å². The van der Waals surface area contributed by atoms with E-state index >= 15 is 0 Å². The molecular formula is C23H21N3. The molecule has 0 amide bonds. The van der Waals surface area contributed by atoms with Crippen LogP contribution in [0.1, 0.15) is 23.5 Å². The van der Waals surface area contributed by atoms with Crippen molar-refractivity contribution in [1.82, 2.24) is 9.97 Å². The van der Waals surface area contributed by atoms with Crippen LogP contribution in [-0.2, 0) is 0 Å². The maximum Gasteiger partial charge on any atom is 0.137 e. The van der Waals surface area contributed by atoms with E-state index in [0.717, 1.165) is 29.7 Å². The number of nitrogens with one attached hydrogen (secondary N) is 1. The molecule has 0 saturated carbocycles. The summed E-state index contributed by atoms with van der Waals surface area (Å²) >= 11 is 0. The summed E-state index contributed by atoms with van der Waals surface area (Å²) in [7, 11) is 0. The number of para-hydroxylation sites is 1. The molecule has 26 heavy (non-hydrogen) atoms. The van der Waals surface area contributed by atoms with Gasteiger partial charge in [0.05, 0.1) is 5.52 Å². The molecule has 0 fully saturated rings. The largest absolute Gasteiger partial charge is 0.369 e. The van der Waals surface area contributed by atoms with Crippen molar-refractivity contribution in [3.05, 3.63) is 102 Å². The van der Waals surface area contributed by atoms with Gasteiger partial charge in [-0.05, 0) is 29.7 Å². The SMILES string of the molecule is c1ccc(C(CCNc2ncnc3ccccc23)c2ccccc2)cc1. The standard InChI is InChI=1S/C23H21N3/c1-3-9-18(10-4-1)20(19-11-5-2-6-12-19)15-16-24-23-21-13-7-8-14-22(21)25-17-26-23/h1-14,17,20H,15-16H2,(H,24,25,26). The summed E-state index contributed by atoms with van der Waals surface area (Å²) in [6, 6.07) is 29.5. The predicted molar refractivity (Wildman–Crippen MR) is 107 cm³/mol. The molecule has 0 unspecified atom stereocenters. The first kappa shape index (κ1) is 16.3. The van der Waals surface area contributed by atoms with Crippen LogP contribution < -0.4 is 5.32 Å². The molecule has 0 saturated heterocycles. The van der Waals surface area contributed by atoms with Gasteiger partial charge in [0, 0.05) is 17.8 Å². The summed E-state index contributed by atoms with van der Waals surface area (Å²) in [6.45, 7) is 0.843. The van der Waals surface area contributed by atoms with Gasteiger partial charge in [-0.2, -0.15) is 0 Å². The van der Waals surface area contributed by atoms with Gasteiger partial charge < -0.3 is 5.32 Å². The van der Waals surface area contributed by atoms with Gasteiger partial charge in [-0.3, -0.25) is 0 Å². The fourth-order valence-corrected chi connectivity index (χ4v) is 3.38. The molecule has 128 valence electrons. The zero-order valence-electron chi connectivity index (χ0n) is 14.5. The molecule has 4 rings (SSSR count). The van der Waals surface area contributed by atoms with Crippen molar-refractivity contribution in [2.24, 2.45) is 0 Å². The maximum atomic E-state index is 4.43. The molecule has 0 aliphatic heterocycles. The maximum absolute atomic E-state index is 4.43. The number of hydrogen-bond acceptors (Lipinski definition) is 3. The van der Waals surface area contributed by atoms with Crippen molar-refractivity contribution in [3.8, 4) is 0 Å². The van der Waals surface area contributed by atoms with E-state index in [1.165, 1.54) is 11.1 Å². The van der Waals surface area contributed by atoms with Crippen LogP contribution in [0, 0.1) is 0 Å². The summed E-state index contributed by atoms with van der Waals surface area (Å²) in [5, 5.41) is 4.57. The Balaban J connectivity index is 1.54. The predicted octanol–water partition coefficient (Wildman–Crippen LogP) is 5.26. The van der Waals surface area contributed by atoms with E-state index < -0.39 is 0 Å². The third-order valence-electron chi connectivity index (χ3n) is 4.67. The number of rotatable bonds is 6. The third-order valence-corrected chi connectivity index (χ3v) is 4.67. The van der Waals surface area contributed by atoms with Crippen LogP contribution in [0.4, 0.5) is 5.82 Å². The Hall–Kier alpha value is -3.20. The zero-order chi connectivity index (χ0) is 17.6. The molecule has 0 bridgehead atoms. The molecule has 4 aromatic rings. The van der Waals surface area contributed by atoms with Gasteiger partial charge in [0.2, 0.25) is 0 Å². The summed E-state index contributed by atoms with van der Waals surface area (Å²) in [6.07, 6.45) is 2.61. The first-order valence-electron chi connectivity index (χ1n) is 8.95. The summed E-state index contributed by atoms with van der Waals surface area (Å²) in [5.41, 5.74) is 3.65. The molecule has 0 aliphatic rings. The van der Waals surface area contributed by atoms with Crippen LogP contribution in [0.3, 0.4) is 0 Å². The van der Waals surface area contributed by atoms with Crippen molar-refractivity contribution in [2.75, 3.05) is 11.9 Å². The number of fused-ring (bicyclic) bond motifs is 1. The highest BCUT2D eigenvalue weighted by Gasteiger charge is 2.13. The first-order valence-corrected chi connectivity index (χ1v) is 8.95. The molecular weight excluding hydrogens is 318 g/mol. The minimum absolute atomic E-state index is 0.359. The number of anilines is 1. The van der Waals surface area contributed by atoms with Crippen molar-refractivity contribution in [2.45, 2.75) is 12.3 Å². The monoisotopic (exact) mass is 339 g/mol. The lowest BCUT2D eigenvalue weighted by molar-refractivity contribution is 0.743. The number of hydrogen-bond donors (Lipinski definition) is 1. The van der Waals surface area contributed by atoms with E-state index in [9.17, 15) is 0 Å². The molecule has 1 heterocycles. The smallest absolute Gasteiger partial charge is 0.137 e. The van der Waals surface area contributed by atoms with Gasteiger partial charge >= 0.3 is 0 Å². The molecule has 3 nitrogen and oxygen atoms in total. The molecule has 1 aromatic heterocycles. The lowest BCUT2D eigenvalue weighted by Crippen LogP contribution is -2.10. The van der Waals surface area contributed by atoms with E-state index in [4.69, 9.17) is 0 Å². The summed E-state index contributed by atoms with van der Waals surface area (Å²) in [5.74, 6) is 1.26. The van der Waals surface area contributed by atoms with E-state index in [-0.39, 0.29) is 0 Å². The summed E-state index contributed by atoms with van der Waals surface area (Å²) in [4.78, 5) is 8.76. The fraction of sp³-hybridized carbons (Fsp3) is 0.130. The van der Waals surface area contributed by atoms with Gasteiger partial charge in [0.1, 0.15) is 12.1 Å². The van der Waals surface area contributed by atoms with Gasteiger partial charge in [-0.15, -0.1) is 0 Å². The summed E-state index contributed by atoms with van der Waals surface area (Å²) < 4.78 is 0. The quantitative estimate of drug-likeness (QED) is 0.520. The number of benzene rings is 3. The topological polar surface area (TPSA) is 37.8 Å². The lowest BCUT2D eigenvalue weighted by atomic mass is 9.88. The Kier molecular flexibility index (Phi) is 4.88. The Bertz CT molecular complexity index is 923. The van der Waals surface area contributed by atoms with Gasteiger partial charge in [-0.1, -0.05) is 72.8 Å². The van der Waals surface area contributed by atoms with Crippen molar-refractivity contribution in [3.63, 3.8) is 0 Å². The van der Waals surface area contributed by atoms with Gasteiger partial charge in [-0.25, -0.2) is 9.97 Å². The second kappa shape index (κ2) is 7.79. The van der Waals surface area contributed by atoms with E-state index in [0.29, 0.717) is 5.92 Å². The zero-order valence-corrected chi connectivity index (χ0v) is 14.5. The molecule has 1 N–H and O–H groups in total. The van der Waals surface area contributed by atoms with E-state index in [1.54, 1.807) is 6.33 Å². The van der Waals surface area contributed by atoms with Crippen molar-refractivity contribution in [1.29, 1.82) is 0 Å². The highest BCUT2D eigenvalue weighted by atomic mass is 15.0. The minimum Gasteiger partial charge on any atom is -0.369 e. The Morgan fingerprint density at radius 3 is 2.00 bits per heavy atom. The Morgan fingerprint density at radius 1 is 0.692 bits per heavy atom. The van der Waals surface area contributed by atoms with Gasteiger partial charge in [0.25, 0.3) is 0 Å². The molecule has 0 spiro atoms. The van der Waals surface area contributed by atoms with E-state index in [1.807, 2.05) is 18.2 Å². The normalized spacial score (nSPS) is 11.0. The van der Waals surface area contributed by atoms with Gasteiger partial charge in [0.15, 0.2) is 0 Å². The second-order valence-electron chi connectivity index (χ2n) is 6.33. The Labute approximate surface area is 153 Å². The second-order valence-corrected chi connectivity index (χ2v) is 6.33. The number of nitrogens with zero attached hydrogens (tertiary/aromatic N) is 2. The average molecular weight is 339 g/mol. The molecule has 3 aromatic carbocycles. The molecule has 0 atom stereocenters. The van der Waals surface area contributed by atoms with E-state index in [2.05, 4.69) is 82.0 Å². The van der Waals surface area contributed by atoms with Crippen LogP contribution in [-0.4, -0.2) is 16.5 Å². The fourth-order valence-electron chi connectivity index (χ4n) is 3.38. The number of aromatic nitrogens is 2. The highest BCUT2D eigenvalue weighted by molar-refractivity contribution is 5.88. The van der Waals surface area contributed by atoms with Crippen LogP contribution in [0.25, 0.3) is 10.9 Å². The third kappa shape index (κ3) is 3.57. The van der Waals surface area contributed by atoms with Crippen molar-refractivity contribution >= 4 is 16.7 Å². The lowest BCUT2D eigenvalue weighted by Gasteiger charge is -2.19. The first-order chi connectivity index (χ1) is 12.9. The highest BCUT2D eigenvalue weighted by Crippen LogP contribution is 2.28. The minimum atomic E-state index is 0.359. The molecule has 0 aliphatic carbocycles. The van der Waals surface area contributed by atoms with Crippen molar-refractivity contribution < 1.29 is 0 Å². The molecule has 0 radical (unpaired) electrons. The van der Waals surface area contributed by atoms with Crippen LogP contribution in [0.2, 0.25) is 0 Å².